The highest BCUT2D eigenvalue weighted by Gasteiger charge is 2.15. The third-order valence-electron chi connectivity index (χ3n) is 3.63. The number of nitrogens with zero attached hydrogens (tertiary/aromatic N) is 2. The molecule has 0 unspecified atom stereocenters. The van der Waals surface area contributed by atoms with E-state index in [2.05, 4.69) is 48.4 Å². The fraction of sp³-hybridized carbons (Fsp3) is 0.375. The van der Waals surface area contributed by atoms with Gasteiger partial charge in [0.2, 0.25) is 0 Å². The molecular formula is C16H19N3. The van der Waals surface area contributed by atoms with E-state index >= 15 is 0 Å². The number of benzene rings is 1. The molecule has 2 aromatic rings. The smallest absolute Gasteiger partial charge is 0.133 e. The minimum atomic E-state index is 0.815. The molecule has 0 saturated carbocycles. The number of hydrogen-bond donors (Lipinski definition) is 1. The predicted molar refractivity (Wildman–Crippen MR) is 76.2 cm³/mol. The Balaban J connectivity index is 1.91. The van der Waals surface area contributed by atoms with Gasteiger partial charge in [-0.05, 0) is 37.9 Å². The van der Waals surface area contributed by atoms with Crippen molar-refractivity contribution in [2.75, 3.05) is 6.54 Å². The third-order valence-corrected chi connectivity index (χ3v) is 3.63. The Bertz CT molecular complexity index is 605. The number of aryl methyl sites for hydroxylation is 2. The van der Waals surface area contributed by atoms with Crippen LogP contribution in [-0.2, 0) is 19.4 Å². The number of hydrogen-bond acceptors (Lipinski definition) is 3. The predicted octanol–water partition coefficient (Wildman–Crippen LogP) is 2.33. The molecule has 0 aliphatic carbocycles. The molecule has 98 valence electrons. The summed E-state index contributed by atoms with van der Waals surface area (Å²) < 4.78 is 0. The SMILES string of the molecule is Cc1cccc(Cc2nc(C)c3c(n2)CNCC3)c1. The van der Waals surface area contributed by atoms with Gasteiger partial charge in [0.25, 0.3) is 0 Å². The summed E-state index contributed by atoms with van der Waals surface area (Å²) in [7, 11) is 0. The molecule has 0 amide bonds. The standard InChI is InChI=1S/C16H19N3/c1-11-4-3-5-13(8-11)9-16-18-12(2)14-6-7-17-10-15(14)19-16/h3-5,8,17H,6-7,9-10H2,1-2H3. The van der Waals surface area contributed by atoms with Gasteiger partial charge < -0.3 is 5.32 Å². The van der Waals surface area contributed by atoms with Crippen LogP contribution >= 0.6 is 0 Å². The molecular weight excluding hydrogens is 234 g/mol. The molecule has 0 bridgehead atoms. The topological polar surface area (TPSA) is 37.8 Å². The summed E-state index contributed by atoms with van der Waals surface area (Å²) in [6.45, 7) is 6.13. The van der Waals surface area contributed by atoms with E-state index in [4.69, 9.17) is 4.98 Å². The number of aromatic nitrogens is 2. The van der Waals surface area contributed by atoms with Gasteiger partial charge in [0.05, 0.1) is 5.69 Å². The van der Waals surface area contributed by atoms with Crippen LogP contribution in [0.15, 0.2) is 24.3 Å². The summed E-state index contributed by atoms with van der Waals surface area (Å²) in [4.78, 5) is 9.40. The lowest BCUT2D eigenvalue weighted by Gasteiger charge is -2.18. The van der Waals surface area contributed by atoms with Crippen molar-refractivity contribution in [3.63, 3.8) is 0 Å². The second-order valence-electron chi connectivity index (χ2n) is 5.24. The summed E-state index contributed by atoms with van der Waals surface area (Å²) >= 11 is 0. The van der Waals surface area contributed by atoms with E-state index < -0.39 is 0 Å². The van der Waals surface area contributed by atoms with Crippen molar-refractivity contribution in [1.82, 2.24) is 15.3 Å². The molecule has 3 heteroatoms. The first-order valence-electron chi connectivity index (χ1n) is 6.84. The largest absolute Gasteiger partial charge is 0.311 e. The Morgan fingerprint density at radius 1 is 1.21 bits per heavy atom. The van der Waals surface area contributed by atoms with Crippen molar-refractivity contribution in [1.29, 1.82) is 0 Å². The molecule has 1 aromatic heterocycles. The van der Waals surface area contributed by atoms with Crippen LogP contribution < -0.4 is 5.32 Å². The van der Waals surface area contributed by atoms with Crippen molar-refractivity contribution < 1.29 is 0 Å². The molecule has 1 aliphatic heterocycles. The zero-order valence-corrected chi connectivity index (χ0v) is 11.5. The second kappa shape index (κ2) is 5.10. The van der Waals surface area contributed by atoms with Crippen LogP contribution in [0.25, 0.3) is 0 Å². The van der Waals surface area contributed by atoms with Gasteiger partial charge in [0, 0.05) is 18.7 Å². The molecule has 1 N–H and O–H groups in total. The van der Waals surface area contributed by atoms with Crippen LogP contribution in [0.2, 0.25) is 0 Å². The maximum absolute atomic E-state index is 4.73. The number of nitrogens with one attached hydrogen (secondary N) is 1. The lowest BCUT2D eigenvalue weighted by Crippen LogP contribution is -2.26. The van der Waals surface area contributed by atoms with Crippen LogP contribution in [0.1, 0.15) is 33.9 Å². The van der Waals surface area contributed by atoms with Gasteiger partial charge in [0.1, 0.15) is 5.82 Å². The van der Waals surface area contributed by atoms with E-state index in [-0.39, 0.29) is 0 Å². The fourth-order valence-corrected chi connectivity index (χ4v) is 2.69. The van der Waals surface area contributed by atoms with E-state index in [9.17, 15) is 0 Å². The first kappa shape index (κ1) is 12.3. The van der Waals surface area contributed by atoms with Crippen molar-refractivity contribution in [2.24, 2.45) is 0 Å². The number of rotatable bonds is 2. The molecule has 19 heavy (non-hydrogen) atoms. The van der Waals surface area contributed by atoms with Gasteiger partial charge in [-0.15, -0.1) is 0 Å². The van der Waals surface area contributed by atoms with Crippen molar-refractivity contribution in [3.05, 3.63) is 58.2 Å². The minimum Gasteiger partial charge on any atom is -0.311 e. The van der Waals surface area contributed by atoms with Crippen LogP contribution in [0.3, 0.4) is 0 Å². The minimum absolute atomic E-state index is 0.815. The lowest BCUT2D eigenvalue weighted by molar-refractivity contribution is 0.613. The first-order valence-corrected chi connectivity index (χ1v) is 6.84. The molecule has 3 nitrogen and oxygen atoms in total. The van der Waals surface area contributed by atoms with Crippen LogP contribution in [0.5, 0.6) is 0 Å². The van der Waals surface area contributed by atoms with Gasteiger partial charge in [0.15, 0.2) is 0 Å². The fourth-order valence-electron chi connectivity index (χ4n) is 2.69. The van der Waals surface area contributed by atoms with E-state index in [0.717, 1.165) is 37.4 Å². The van der Waals surface area contributed by atoms with Crippen molar-refractivity contribution >= 4 is 0 Å². The summed E-state index contributed by atoms with van der Waals surface area (Å²) in [6, 6.07) is 8.56. The molecule has 2 heterocycles. The molecule has 1 aliphatic rings. The van der Waals surface area contributed by atoms with E-state index in [0.29, 0.717) is 0 Å². The number of fused-ring (bicyclic) bond motifs is 1. The summed E-state index contributed by atoms with van der Waals surface area (Å²) in [5, 5.41) is 3.38. The molecule has 0 spiro atoms. The molecule has 0 atom stereocenters. The Morgan fingerprint density at radius 2 is 2.11 bits per heavy atom. The molecule has 0 radical (unpaired) electrons. The van der Waals surface area contributed by atoms with Crippen LogP contribution in [0, 0.1) is 13.8 Å². The summed E-state index contributed by atoms with van der Waals surface area (Å²) in [6.07, 6.45) is 1.86. The van der Waals surface area contributed by atoms with Gasteiger partial charge >= 0.3 is 0 Å². The highest BCUT2D eigenvalue weighted by molar-refractivity contribution is 5.30. The highest BCUT2D eigenvalue weighted by Crippen LogP contribution is 2.16. The van der Waals surface area contributed by atoms with Crippen LogP contribution in [0.4, 0.5) is 0 Å². The van der Waals surface area contributed by atoms with E-state index in [1.807, 2.05) is 0 Å². The Morgan fingerprint density at radius 3 is 2.95 bits per heavy atom. The first-order chi connectivity index (χ1) is 9.22. The van der Waals surface area contributed by atoms with Gasteiger partial charge in [-0.25, -0.2) is 9.97 Å². The third kappa shape index (κ3) is 2.66. The zero-order valence-electron chi connectivity index (χ0n) is 11.5. The van der Waals surface area contributed by atoms with Crippen molar-refractivity contribution in [2.45, 2.75) is 33.2 Å². The average molecular weight is 253 g/mol. The lowest BCUT2D eigenvalue weighted by atomic mass is 10.0. The maximum atomic E-state index is 4.73. The molecule has 0 fully saturated rings. The van der Waals surface area contributed by atoms with Gasteiger partial charge in [-0.2, -0.15) is 0 Å². The van der Waals surface area contributed by atoms with E-state index in [1.165, 1.54) is 22.4 Å². The van der Waals surface area contributed by atoms with Gasteiger partial charge in [-0.1, -0.05) is 29.8 Å². The molecule has 3 rings (SSSR count). The highest BCUT2D eigenvalue weighted by atomic mass is 15.0. The Kier molecular flexibility index (Phi) is 3.30. The average Bonchev–Trinajstić information content (AvgIpc) is 2.39. The zero-order chi connectivity index (χ0) is 13.2. The van der Waals surface area contributed by atoms with Gasteiger partial charge in [-0.3, -0.25) is 0 Å². The normalized spacial score (nSPS) is 14.2. The molecule has 1 aromatic carbocycles. The summed E-state index contributed by atoms with van der Waals surface area (Å²) in [5.74, 6) is 0.936. The van der Waals surface area contributed by atoms with E-state index in [1.54, 1.807) is 0 Å². The van der Waals surface area contributed by atoms with Crippen molar-refractivity contribution in [3.8, 4) is 0 Å². The maximum Gasteiger partial charge on any atom is 0.133 e. The second-order valence-corrected chi connectivity index (χ2v) is 5.24. The Hall–Kier alpha value is -1.74. The molecule has 0 saturated heterocycles. The van der Waals surface area contributed by atoms with Crippen LogP contribution in [-0.4, -0.2) is 16.5 Å². The summed E-state index contributed by atoms with van der Waals surface area (Å²) in [5.41, 5.74) is 6.24. The quantitative estimate of drug-likeness (QED) is 0.892. The Labute approximate surface area is 114 Å². The monoisotopic (exact) mass is 253 g/mol.